The van der Waals surface area contributed by atoms with Gasteiger partial charge in [0.1, 0.15) is 0 Å². The van der Waals surface area contributed by atoms with E-state index < -0.39 is 0 Å². The molecule has 1 aromatic heterocycles. The third-order valence-electron chi connectivity index (χ3n) is 2.51. The molecule has 0 spiro atoms. The van der Waals surface area contributed by atoms with E-state index in [-0.39, 0.29) is 6.61 Å². The van der Waals surface area contributed by atoms with Crippen molar-refractivity contribution in [2.24, 2.45) is 0 Å². The molecule has 14 heavy (non-hydrogen) atoms. The second-order valence-corrected chi connectivity index (χ2v) is 3.71. The molecule has 0 atom stereocenters. The minimum absolute atomic E-state index is 0.210. The summed E-state index contributed by atoms with van der Waals surface area (Å²) in [7, 11) is 0. The number of furan rings is 1. The van der Waals surface area contributed by atoms with Crippen molar-refractivity contribution in [1.29, 1.82) is 0 Å². The van der Waals surface area contributed by atoms with Crippen molar-refractivity contribution in [3.8, 4) is 0 Å². The summed E-state index contributed by atoms with van der Waals surface area (Å²) in [6.45, 7) is 2.43. The highest BCUT2D eigenvalue weighted by Gasteiger charge is 2.03. The summed E-state index contributed by atoms with van der Waals surface area (Å²) in [5, 5.41) is 8.83. The fourth-order valence-corrected chi connectivity index (χ4v) is 1.65. The van der Waals surface area contributed by atoms with Crippen LogP contribution in [0.3, 0.4) is 0 Å². The smallest absolute Gasteiger partial charge is 0.0938 e. The third-order valence-corrected chi connectivity index (χ3v) is 2.51. The molecule has 80 valence electrons. The molecule has 0 aliphatic carbocycles. The van der Waals surface area contributed by atoms with E-state index in [0.717, 1.165) is 12.8 Å². The molecule has 0 radical (unpaired) electrons. The predicted octanol–water partition coefficient (Wildman–Crippen LogP) is 2.94. The predicted molar refractivity (Wildman–Crippen MR) is 57.3 cm³/mol. The van der Waals surface area contributed by atoms with Crippen molar-refractivity contribution in [2.45, 2.75) is 45.4 Å². The maximum Gasteiger partial charge on any atom is 0.0938 e. The van der Waals surface area contributed by atoms with Gasteiger partial charge in [-0.3, -0.25) is 0 Å². The molecule has 1 heterocycles. The molecule has 1 rings (SSSR count). The highest BCUT2D eigenvalue weighted by Crippen LogP contribution is 2.15. The van der Waals surface area contributed by atoms with Gasteiger partial charge in [-0.1, -0.05) is 26.2 Å². The van der Waals surface area contributed by atoms with E-state index >= 15 is 0 Å². The minimum atomic E-state index is 0.210. The Labute approximate surface area is 85.9 Å². The van der Waals surface area contributed by atoms with Crippen molar-refractivity contribution in [1.82, 2.24) is 0 Å². The zero-order chi connectivity index (χ0) is 10.2. The van der Waals surface area contributed by atoms with E-state index in [4.69, 9.17) is 9.52 Å². The first kappa shape index (κ1) is 11.3. The van der Waals surface area contributed by atoms with Gasteiger partial charge in [-0.05, 0) is 30.4 Å². The minimum Gasteiger partial charge on any atom is -0.472 e. The lowest BCUT2D eigenvalue weighted by molar-refractivity contribution is 0.299. The van der Waals surface area contributed by atoms with Gasteiger partial charge in [0.05, 0.1) is 12.5 Å². The molecule has 2 nitrogen and oxygen atoms in total. The Hall–Kier alpha value is -0.760. The average Bonchev–Trinajstić information content (AvgIpc) is 2.61. The van der Waals surface area contributed by atoms with Crippen LogP contribution in [0.15, 0.2) is 16.9 Å². The van der Waals surface area contributed by atoms with Gasteiger partial charge in [0.15, 0.2) is 0 Å². The first-order valence-electron chi connectivity index (χ1n) is 5.53. The van der Waals surface area contributed by atoms with E-state index in [0.29, 0.717) is 0 Å². The molecule has 0 unspecified atom stereocenters. The summed E-state index contributed by atoms with van der Waals surface area (Å²) in [5.74, 6) is 0. The fraction of sp³-hybridized carbons (Fsp3) is 0.667. The second-order valence-electron chi connectivity index (χ2n) is 3.71. The second kappa shape index (κ2) is 6.66. The van der Waals surface area contributed by atoms with Crippen LogP contribution in [0.4, 0.5) is 0 Å². The van der Waals surface area contributed by atoms with Crippen molar-refractivity contribution in [3.63, 3.8) is 0 Å². The van der Waals surface area contributed by atoms with E-state index in [1.807, 2.05) is 6.26 Å². The van der Waals surface area contributed by atoms with E-state index in [9.17, 15) is 0 Å². The van der Waals surface area contributed by atoms with Gasteiger partial charge in [0.2, 0.25) is 0 Å². The number of aliphatic hydroxyl groups excluding tert-OH is 1. The molecule has 1 N–H and O–H groups in total. The van der Waals surface area contributed by atoms with Crippen LogP contribution in [0.1, 0.15) is 43.7 Å². The Morgan fingerprint density at radius 2 is 1.79 bits per heavy atom. The first-order valence-corrected chi connectivity index (χ1v) is 5.53. The van der Waals surface area contributed by atoms with Gasteiger partial charge in [0.25, 0.3) is 0 Å². The lowest BCUT2D eigenvalue weighted by Gasteiger charge is -2.00. The molecule has 2 heteroatoms. The Balaban J connectivity index is 2.30. The van der Waals surface area contributed by atoms with Crippen molar-refractivity contribution in [2.75, 3.05) is 6.61 Å². The Morgan fingerprint density at radius 3 is 2.43 bits per heavy atom. The summed E-state index contributed by atoms with van der Waals surface area (Å²) in [6, 6.07) is 0. The number of aryl methyl sites for hydroxylation is 1. The van der Waals surface area contributed by atoms with Crippen LogP contribution < -0.4 is 0 Å². The summed E-state index contributed by atoms with van der Waals surface area (Å²) in [4.78, 5) is 0. The number of hydrogen-bond acceptors (Lipinski definition) is 2. The van der Waals surface area contributed by atoms with Crippen LogP contribution in [0.25, 0.3) is 0 Å². The number of rotatable bonds is 7. The standard InChI is InChI=1S/C12H20O2/c1-2-3-4-5-6-11-9-14-10-12(11)7-8-13/h9-10,13H,2-8H2,1H3. The van der Waals surface area contributed by atoms with Crippen LogP contribution in [-0.4, -0.2) is 11.7 Å². The molecule has 0 amide bonds. The van der Waals surface area contributed by atoms with Gasteiger partial charge < -0.3 is 9.52 Å². The maximum atomic E-state index is 8.83. The summed E-state index contributed by atoms with van der Waals surface area (Å²) < 4.78 is 5.14. The highest BCUT2D eigenvalue weighted by molar-refractivity contribution is 5.21. The zero-order valence-corrected chi connectivity index (χ0v) is 8.96. The molecule has 0 saturated carbocycles. The molecule has 0 fully saturated rings. The van der Waals surface area contributed by atoms with Crippen molar-refractivity contribution < 1.29 is 9.52 Å². The molecular weight excluding hydrogens is 176 g/mol. The van der Waals surface area contributed by atoms with Gasteiger partial charge in [-0.25, -0.2) is 0 Å². The van der Waals surface area contributed by atoms with E-state index in [1.165, 1.54) is 36.8 Å². The van der Waals surface area contributed by atoms with Crippen molar-refractivity contribution in [3.05, 3.63) is 23.7 Å². The van der Waals surface area contributed by atoms with Crippen LogP contribution in [-0.2, 0) is 12.8 Å². The van der Waals surface area contributed by atoms with Gasteiger partial charge in [-0.2, -0.15) is 0 Å². The molecule has 0 aromatic carbocycles. The van der Waals surface area contributed by atoms with E-state index in [2.05, 4.69) is 6.92 Å². The maximum absolute atomic E-state index is 8.83. The number of aliphatic hydroxyl groups is 1. The number of unbranched alkanes of at least 4 members (excludes halogenated alkanes) is 3. The lowest BCUT2D eigenvalue weighted by atomic mass is 10.0. The van der Waals surface area contributed by atoms with Crippen LogP contribution in [0.5, 0.6) is 0 Å². The average molecular weight is 196 g/mol. The molecule has 1 aromatic rings. The largest absolute Gasteiger partial charge is 0.472 e. The Kier molecular flexibility index (Phi) is 5.38. The normalized spacial score (nSPS) is 10.7. The summed E-state index contributed by atoms with van der Waals surface area (Å²) in [5.41, 5.74) is 2.44. The first-order chi connectivity index (χ1) is 6.88. The number of hydrogen-bond donors (Lipinski definition) is 1. The van der Waals surface area contributed by atoms with Crippen LogP contribution >= 0.6 is 0 Å². The van der Waals surface area contributed by atoms with E-state index in [1.54, 1.807) is 6.26 Å². The zero-order valence-electron chi connectivity index (χ0n) is 8.96. The lowest BCUT2D eigenvalue weighted by Crippen LogP contribution is -1.94. The summed E-state index contributed by atoms with van der Waals surface area (Å²) in [6.07, 6.45) is 10.5. The molecule has 0 saturated heterocycles. The van der Waals surface area contributed by atoms with Gasteiger partial charge >= 0.3 is 0 Å². The third kappa shape index (κ3) is 3.54. The van der Waals surface area contributed by atoms with Crippen LogP contribution in [0.2, 0.25) is 0 Å². The Morgan fingerprint density at radius 1 is 1.07 bits per heavy atom. The Bertz CT molecular complexity index is 240. The topological polar surface area (TPSA) is 33.4 Å². The monoisotopic (exact) mass is 196 g/mol. The molecule has 0 aliphatic heterocycles. The SMILES string of the molecule is CCCCCCc1cocc1CCO. The summed E-state index contributed by atoms with van der Waals surface area (Å²) >= 11 is 0. The molecule has 0 bridgehead atoms. The van der Waals surface area contributed by atoms with Gasteiger partial charge in [-0.15, -0.1) is 0 Å². The molecular formula is C12H20O2. The van der Waals surface area contributed by atoms with Gasteiger partial charge in [0, 0.05) is 6.61 Å². The fourth-order valence-electron chi connectivity index (χ4n) is 1.65. The van der Waals surface area contributed by atoms with Crippen LogP contribution in [0, 0.1) is 0 Å². The quantitative estimate of drug-likeness (QED) is 0.680. The van der Waals surface area contributed by atoms with Crippen molar-refractivity contribution >= 4 is 0 Å². The highest BCUT2D eigenvalue weighted by atomic mass is 16.3. The molecule has 0 aliphatic rings.